The number of fused-ring (bicyclic) bond motifs is 1. The standard InChI is InChI=1S/C20H22N2O2/c1-13-7-5-6-8-15(13)12-21-18(23)14-9-10-17-16(11-14)20(2,3)19(24)22(17)4/h5-11H,12H2,1-4H3,(H,21,23). The van der Waals surface area contributed by atoms with Crippen LogP contribution in [0.1, 0.15) is 40.9 Å². The van der Waals surface area contributed by atoms with E-state index in [2.05, 4.69) is 5.32 Å². The molecule has 1 N–H and O–H groups in total. The first-order valence-corrected chi connectivity index (χ1v) is 8.08. The Morgan fingerprint density at radius 2 is 1.88 bits per heavy atom. The van der Waals surface area contributed by atoms with E-state index in [1.165, 1.54) is 0 Å². The number of anilines is 1. The largest absolute Gasteiger partial charge is 0.348 e. The minimum absolute atomic E-state index is 0.0509. The highest BCUT2D eigenvalue weighted by molar-refractivity contribution is 6.08. The highest BCUT2D eigenvalue weighted by Crippen LogP contribution is 2.40. The summed E-state index contributed by atoms with van der Waals surface area (Å²) in [6.45, 7) is 6.31. The van der Waals surface area contributed by atoms with Crippen molar-refractivity contribution in [1.29, 1.82) is 0 Å². The average Bonchev–Trinajstić information content (AvgIpc) is 2.74. The lowest BCUT2D eigenvalue weighted by molar-refractivity contribution is -0.121. The maximum absolute atomic E-state index is 12.5. The van der Waals surface area contributed by atoms with Crippen LogP contribution in [-0.2, 0) is 16.8 Å². The van der Waals surface area contributed by atoms with E-state index >= 15 is 0 Å². The number of carbonyl (C=O) groups excluding carboxylic acids is 2. The maximum Gasteiger partial charge on any atom is 0.251 e. The minimum atomic E-state index is -0.601. The second-order valence-corrected chi connectivity index (χ2v) is 6.83. The summed E-state index contributed by atoms with van der Waals surface area (Å²) in [6, 6.07) is 13.5. The van der Waals surface area contributed by atoms with E-state index in [0.29, 0.717) is 12.1 Å². The molecule has 0 saturated heterocycles. The average molecular weight is 322 g/mol. The molecule has 0 spiro atoms. The lowest BCUT2D eigenvalue weighted by Gasteiger charge is -2.16. The summed E-state index contributed by atoms with van der Waals surface area (Å²) < 4.78 is 0. The number of aryl methyl sites for hydroxylation is 1. The number of carbonyl (C=O) groups is 2. The van der Waals surface area contributed by atoms with Gasteiger partial charge < -0.3 is 10.2 Å². The molecule has 1 aliphatic rings. The van der Waals surface area contributed by atoms with Gasteiger partial charge in [0, 0.05) is 24.8 Å². The van der Waals surface area contributed by atoms with Crippen LogP contribution >= 0.6 is 0 Å². The summed E-state index contributed by atoms with van der Waals surface area (Å²) in [5, 5.41) is 2.96. The van der Waals surface area contributed by atoms with Crippen LogP contribution in [0.4, 0.5) is 5.69 Å². The third-order valence-electron chi connectivity index (χ3n) is 4.83. The van der Waals surface area contributed by atoms with E-state index in [1.54, 1.807) is 18.0 Å². The third-order valence-corrected chi connectivity index (χ3v) is 4.83. The van der Waals surface area contributed by atoms with Gasteiger partial charge in [0.2, 0.25) is 5.91 Å². The summed E-state index contributed by atoms with van der Waals surface area (Å²) in [6.07, 6.45) is 0. The van der Waals surface area contributed by atoms with Crippen LogP contribution in [-0.4, -0.2) is 18.9 Å². The number of amides is 2. The molecular formula is C20H22N2O2. The second-order valence-electron chi connectivity index (χ2n) is 6.83. The Morgan fingerprint density at radius 3 is 2.58 bits per heavy atom. The van der Waals surface area contributed by atoms with Gasteiger partial charge in [0.15, 0.2) is 0 Å². The van der Waals surface area contributed by atoms with Crippen LogP contribution in [0.2, 0.25) is 0 Å². The van der Waals surface area contributed by atoms with E-state index in [4.69, 9.17) is 0 Å². The monoisotopic (exact) mass is 322 g/mol. The van der Waals surface area contributed by atoms with Crippen molar-refractivity contribution < 1.29 is 9.59 Å². The summed E-state index contributed by atoms with van der Waals surface area (Å²) in [5.41, 5.74) is 4.01. The van der Waals surface area contributed by atoms with Crippen molar-refractivity contribution in [2.24, 2.45) is 0 Å². The Balaban J connectivity index is 1.82. The van der Waals surface area contributed by atoms with Crippen LogP contribution in [0.25, 0.3) is 0 Å². The van der Waals surface area contributed by atoms with Crippen LogP contribution in [0.3, 0.4) is 0 Å². The molecular weight excluding hydrogens is 300 g/mol. The third kappa shape index (κ3) is 2.58. The molecule has 0 bridgehead atoms. The Morgan fingerprint density at radius 1 is 1.17 bits per heavy atom. The molecule has 4 heteroatoms. The first-order chi connectivity index (χ1) is 11.3. The van der Waals surface area contributed by atoms with Gasteiger partial charge in [0.05, 0.1) is 5.41 Å². The van der Waals surface area contributed by atoms with Crippen molar-refractivity contribution >= 4 is 17.5 Å². The molecule has 0 radical (unpaired) electrons. The van der Waals surface area contributed by atoms with Crippen molar-refractivity contribution in [3.63, 3.8) is 0 Å². The normalized spacial score (nSPS) is 15.3. The van der Waals surface area contributed by atoms with Crippen LogP contribution < -0.4 is 10.2 Å². The number of rotatable bonds is 3. The number of nitrogens with one attached hydrogen (secondary N) is 1. The second kappa shape index (κ2) is 5.78. The van der Waals surface area contributed by atoms with Gasteiger partial charge in [0.25, 0.3) is 5.91 Å². The highest BCUT2D eigenvalue weighted by atomic mass is 16.2. The molecule has 0 unspecified atom stereocenters. The van der Waals surface area contributed by atoms with Gasteiger partial charge >= 0.3 is 0 Å². The molecule has 2 amide bonds. The lowest BCUT2D eigenvalue weighted by Crippen LogP contribution is -2.33. The maximum atomic E-state index is 12.5. The SMILES string of the molecule is Cc1ccccc1CNC(=O)c1ccc2c(c1)C(C)(C)C(=O)N2C. The zero-order valence-corrected chi connectivity index (χ0v) is 14.5. The fraction of sp³-hybridized carbons (Fsp3) is 0.300. The molecule has 0 aliphatic carbocycles. The van der Waals surface area contributed by atoms with E-state index < -0.39 is 5.41 Å². The predicted octanol–water partition coefficient (Wildman–Crippen LogP) is 3.18. The van der Waals surface area contributed by atoms with Gasteiger partial charge in [-0.2, -0.15) is 0 Å². The topological polar surface area (TPSA) is 49.4 Å². The Bertz CT molecular complexity index is 824. The molecule has 3 rings (SSSR count). The van der Waals surface area contributed by atoms with Crippen LogP contribution in [0, 0.1) is 6.92 Å². The Kier molecular flexibility index (Phi) is 3.91. The van der Waals surface area contributed by atoms with E-state index in [9.17, 15) is 9.59 Å². The molecule has 2 aromatic rings. The van der Waals surface area contributed by atoms with Crippen LogP contribution in [0.15, 0.2) is 42.5 Å². The molecule has 124 valence electrons. The van der Waals surface area contributed by atoms with Crippen molar-refractivity contribution in [2.75, 3.05) is 11.9 Å². The minimum Gasteiger partial charge on any atom is -0.348 e. The first kappa shape index (κ1) is 16.2. The number of benzene rings is 2. The molecule has 1 aliphatic heterocycles. The van der Waals surface area contributed by atoms with E-state index in [1.807, 2.05) is 57.2 Å². The number of hydrogen-bond donors (Lipinski definition) is 1. The number of likely N-dealkylation sites (N-methyl/N-ethyl adjacent to an activating group) is 1. The summed E-state index contributed by atoms with van der Waals surface area (Å²) in [4.78, 5) is 26.5. The van der Waals surface area contributed by atoms with Gasteiger partial charge in [-0.15, -0.1) is 0 Å². The van der Waals surface area contributed by atoms with E-state index in [0.717, 1.165) is 22.4 Å². The van der Waals surface area contributed by atoms with Crippen molar-refractivity contribution in [1.82, 2.24) is 5.32 Å². The molecule has 4 nitrogen and oxygen atoms in total. The fourth-order valence-corrected chi connectivity index (χ4v) is 3.20. The molecule has 24 heavy (non-hydrogen) atoms. The van der Waals surface area contributed by atoms with Crippen molar-refractivity contribution in [2.45, 2.75) is 32.7 Å². The van der Waals surface area contributed by atoms with Gasteiger partial charge in [-0.25, -0.2) is 0 Å². The Hall–Kier alpha value is -2.62. The molecule has 0 atom stereocenters. The fourth-order valence-electron chi connectivity index (χ4n) is 3.20. The van der Waals surface area contributed by atoms with Crippen molar-refractivity contribution in [3.05, 3.63) is 64.7 Å². The summed E-state index contributed by atoms with van der Waals surface area (Å²) in [5.74, 6) is -0.0752. The zero-order chi connectivity index (χ0) is 17.5. The number of nitrogens with zero attached hydrogens (tertiary/aromatic N) is 1. The molecule has 0 saturated carbocycles. The van der Waals surface area contributed by atoms with Crippen molar-refractivity contribution in [3.8, 4) is 0 Å². The van der Waals surface area contributed by atoms with Crippen LogP contribution in [0.5, 0.6) is 0 Å². The first-order valence-electron chi connectivity index (χ1n) is 8.08. The summed E-state index contributed by atoms with van der Waals surface area (Å²) in [7, 11) is 1.77. The molecule has 1 heterocycles. The molecule has 0 fully saturated rings. The van der Waals surface area contributed by atoms with E-state index in [-0.39, 0.29) is 11.8 Å². The quantitative estimate of drug-likeness (QED) is 0.943. The zero-order valence-electron chi connectivity index (χ0n) is 14.5. The van der Waals surface area contributed by atoms with Gasteiger partial charge in [-0.3, -0.25) is 9.59 Å². The molecule has 2 aromatic carbocycles. The smallest absolute Gasteiger partial charge is 0.251 e. The predicted molar refractivity (Wildman–Crippen MR) is 95.2 cm³/mol. The van der Waals surface area contributed by atoms with Gasteiger partial charge in [-0.05, 0) is 55.7 Å². The highest BCUT2D eigenvalue weighted by Gasteiger charge is 2.42. The Labute approximate surface area is 142 Å². The lowest BCUT2D eigenvalue weighted by atomic mass is 9.85. The van der Waals surface area contributed by atoms with Gasteiger partial charge in [0.1, 0.15) is 0 Å². The summed E-state index contributed by atoms with van der Waals surface area (Å²) >= 11 is 0. The molecule has 0 aromatic heterocycles. The van der Waals surface area contributed by atoms with Gasteiger partial charge in [-0.1, -0.05) is 24.3 Å². The number of hydrogen-bond acceptors (Lipinski definition) is 2.